The van der Waals surface area contributed by atoms with E-state index in [0.717, 1.165) is 21.4 Å². The van der Waals surface area contributed by atoms with Crippen LogP contribution in [0.15, 0.2) is 51.9 Å². The number of H-pyrrole nitrogens is 1. The van der Waals surface area contributed by atoms with E-state index in [9.17, 15) is 4.79 Å². The van der Waals surface area contributed by atoms with Gasteiger partial charge in [0.25, 0.3) is 5.56 Å². The number of hydrogen-bond donors (Lipinski definition) is 1. The zero-order valence-electron chi connectivity index (χ0n) is 8.72. The molecule has 3 aromatic rings. The summed E-state index contributed by atoms with van der Waals surface area (Å²) in [6, 6.07) is 11.0. The summed E-state index contributed by atoms with van der Waals surface area (Å²) in [6.07, 6.45) is 1.81. The lowest BCUT2D eigenvalue weighted by molar-refractivity contribution is 0.905. The minimum absolute atomic E-state index is 0.141. The number of nitrogens with one attached hydrogen (secondary N) is 1. The third-order valence-electron chi connectivity index (χ3n) is 2.49. The lowest BCUT2D eigenvalue weighted by Gasteiger charge is -1.95. The molecule has 17 heavy (non-hydrogen) atoms. The largest absolute Gasteiger partial charge is 0.268 e. The van der Waals surface area contributed by atoms with Gasteiger partial charge in [-0.25, -0.2) is 9.50 Å². The third kappa shape index (κ3) is 1.89. The Morgan fingerprint density at radius 3 is 2.65 bits per heavy atom. The lowest BCUT2D eigenvalue weighted by Crippen LogP contribution is -2.07. The Morgan fingerprint density at radius 2 is 1.88 bits per heavy atom. The molecule has 0 fully saturated rings. The van der Waals surface area contributed by atoms with Crippen molar-refractivity contribution in [3.05, 3.63) is 57.4 Å². The van der Waals surface area contributed by atoms with Gasteiger partial charge in [-0.05, 0) is 18.2 Å². The molecule has 1 N–H and O–H groups in total. The summed E-state index contributed by atoms with van der Waals surface area (Å²) in [5.74, 6) is 0. The molecule has 0 aliphatic heterocycles. The van der Waals surface area contributed by atoms with Crippen LogP contribution in [0.5, 0.6) is 0 Å². The van der Waals surface area contributed by atoms with Gasteiger partial charge in [-0.15, -0.1) is 0 Å². The molecule has 0 aliphatic rings. The van der Waals surface area contributed by atoms with Crippen molar-refractivity contribution in [3.8, 4) is 11.3 Å². The summed E-state index contributed by atoms with van der Waals surface area (Å²) in [5.41, 5.74) is 2.43. The number of aromatic nitrogens is 3. The van der Waals surface area contributed by atoms with Crippen LogP contribution in [0.2, 0.25) is 0 Å². The summed E-state index contributed by atoms with van der Waals surface area (Å²) in [5, 5.41) is 2.68. The Kier molecular flexibility index (Phi) is 2.33. The number of hydrogen-bond acceptors (Lipinski definition) is 2. The van der Waals surface area contributed by atoms with Gasteiger partial charge >= 0.3 is 0 Å². The maximum absolute atomic E-state index is 11.2. The molecular weight excluding hydrogens is 282 g/mol. The number of imidazole rings is 1. The Bertz CT molecular complexity index is 727. The first kappa shape index (κ1) is 10.3. The maximum atomic E-state index is 11.2. The normalized spacial score (nSPS) is 10.9. The molecule has 0 bridgehead atoms. The van der Waals surface area contributed by atoms with Crippen LogP contribution in [0, 0.1) is 0 Å². The molecule has 0 saturated carbocycles. The number of nitrogens with zero attached hydrogens (tertiary/aromatic N) is 2. The van der Waals surface area contributed by atoms with E-state index < -0.39 is 0 Å². The molecule has 0 amide bonds. The van der Waals surface area contributed by atoms with Crippen LogP contribution in [0.4, 0.5) is 0 Å². The zero-order chi connectivity index (χ0) is 11.8. The second-order valence-corrected chi connectivity index (χ2v) is 4.59. The average Bonchev–Trinajstić information content (AvgIpc) is 2.72. The van der Waals surface area contributed by atoms with Crippen LogP contribution in [-0.2, 0) is 0 Å². The molecule has 2 aromatic heterocycles. The minimum Gasteiger partial charge on any atom is -0.268 e. The Morgan fingerprint density at radius 1 is 1.12 bits per heavy atom. The SMILES string of the molecule is O=c1ccc2nc(-c3ccc(Br)cc3)cn2[nH]1. The summed E-state index contributed by atoms with van der Waals surface area (Å²) >= 11 is 3.39. The van der Waals surface area contributed by atoms with Crippen LogP contribution in [0.1, 0.15) is 0 Å². The molecule has 0 spiro atoms. The van der Waals surface area contributed by atoms with E-state index in [1.165, 1.54) is 6.07 Å². The van der Waals surface area contributed by atoms with Crippen molar-refractivity contribution in [3.63, 3.8) is 0 Å². The predicted octanol–water partition coefficient (Wildman–Crippen LogP) is 2.45. The molecule has 84 valence electrons. The Hall–Kier alpha value is -1.88. The van der Waals surface area contributed by atoms with Gasteiger partial charge in [0.2, 0.25) is 0 Å². The highest BCUT2D eigenvalue weighted by atomic mass is 79.9. The number of fused-ring (bicyclic) bond motifs is 1. The van der Waals surface area contributed by atoms with E-state index in [1.807, 2.05) is 24.3 Å². The van der Waals surface area contributed by atoms with E-state index in [0.29, 0.717) is 0 Å². The van der Waals surface area contributed by atoms with E-state index in [4.69, 9.17) is 0 Å². The van der Waals surface area contributed by atoms with Crippen molar-refractivity contribution < 1.29 is 0 Å². The van der Waals surface area contributed by atoms with Gasteiger partial charge in [-0.3, -0.25) is 9.89 Å². The Balaban J connectivity index is 2.17. The van der Waals surface area contributed by atoms with Gasteiger partial charge in [-0.2, -0.15) is 0 Å². The standard InChI is InChI=1S/C12H8BrN3O/c13-9-3-1-8(2-4-9)10-7-16-11(14-10)5-6-12(17)15-16/h1-7H,(H,15,17). The van der Waals surface area contributed by atoms with Crippen LogP contribution < -0.4 is 5.56 Å². The van der Waals surface area contributed by atoms with E-state index in [-0.39, 0.29) is 5.56 Å². The molecule has 0 unspecified atom stereocenters. The van der Waals surface area contributed by atoms with Crippen LogP contribution in [-0.4, -0.2) is 14.6 Å². The van der Waals surface area contributed by atoms with Crippen molar-refractivity contribution in [2.45, 2.75) is 0 Å². The third-order valence-corrected chi connectivity index (χ3v) is 3.02. The van der Waals surface area contributed by atoms with Crippen molar-refractivity contribution in [1.29, 1.82) is 0 Å². The molecule has 0 aliphatic carbocycles. The van der Waals surface area contributed by atoms with Crippen molar-refractivity contribution in [2.75, 3.05) is 0 Å². The first-order chi connectivity index (χ1) is 8.22. The van der Waals surface area contributed by atoms with Crippen molar-refractivity contribution in [1.82, 2.24) is 14.6 Å². The highest BCUT2D eigenvalue weighted by molar-refractivity contribution is 9.10. The molecule has 5 heteroatoms. The monoisotopic (exact) mass is 289 g/mol. The highest BCUT2D eigenvalue weighted by Gasteiger charge is 2.04. The molecule has 1 aromatic carbocycles. The fourth-order valence-corrected chi connectivity index (χ4v) is 1.93. The minimum atomic E-state index is -0.141. The number of benzene rings is 1. The van der Waals surface area contributed by atoms with Gasteiger partial charge in [0.1, 0.15) is 0 Å². The van der Waals surface area contributed by atoms with E-state index >= 15 is 0 Å². The first-order valence-corrected chi connectivity index (χ1v) is 5.86. The summed E-state index contributed by atoms with van der Waals surface area (Å²) in [4.78, 5) is 15.6. The predicted molar refractivity (Wildman–Crippen MR) is 68.9 cm³/mol. The molecule has 3 rings (SSSR count). The van der Waals surface area contributed by atoms with Crippen LogP contribution in [0.25, 0.3) is 16.9 Å². The summed E-state index contributed by atoms with van der Waals surface area (Å²) in [7, 11) is 0. The molecular formula is C12H8BrN3O. The van der Waals surface area contributed by atoms with Gasteiger partial charge in [-0.1, -0.05) is 28.1 Å². The van der Waals surface area contributed by atoms with Gasteiger partial charge < -0.3 is 0 Å². The fourth-order valence-electron chi connectivity index (χ4n) is 1.67. The second-order valence-electron chi connectivity index (χ2n) is 3.67. The summed E-state index contributed by atoms with van der Waals surface area (Å²) in [6.45, 7) is 0. The van der Waals surface area contributed by atoms with E-state index in [1.54, 1.807) is 16.8 Å². The van der Waals surface area contributed by atoms with Gasteiger partial charge in [0.15, 0.2) is 5.65 Å². The number of aromatic amines is 1. The maximum Gasteiger partial charge on any atom is 0.262 e. The smallest absolute Gasteiger partial charge is 0.262 e. The fraction of sp³-hybridized carbons (Fsp3) is 0. The molecule has 4 nitrogen and oxygen atoms in total. The molecule has 2 heterocycles. The van der Waals surface area contributed by atoms with Crippen molar-refractivity contribution in [2.24, 2.45) is 0 Å². The quantitative estimate of drug-likeness (QED) is 0.748. The molecule has 0 atom stereocenters. The topological polar surface area (TPSA) is 50.2 Å². The number of halogens is 1. The Labute approximate surface area is 105 Å². The first-order valence-electron chi connectivity index (χ1n) is 5.07. The molecule has 0 saturated heterocycles. The molecule has 0 radical (unpaired) electrons. The van der Waals surface area contributed by atoms with Crippen LogP contribution >= 0.6 is 15.9 Å². The van der Waals surface area contributed by atoms with Crippen molar-refractivity contribution >= 4 is 21.6 Å². The average molecular weight is 290 g/mol. The van der Waals surface area contributed by atoms with Crippen LogP contribution in [0.3, 0.4) is 0 Å². The lowest BCUT2D eigenvalue weighted by atomic mass is 10.2. The highest BCUT2D eigenvalue weighted by Crippen LogP contribution is 2.20. The second kappa shape index (κ2) is 3.85. The number of rotatable bonds is 1. The van der Waals surface area contributed by atoms with E-state index in [2.05, 4.69) is 26.0 Å². The summed E-state index contributed by atoms with van der Waals surface area (Å²) < 4.78 is 2.65. The zero-order valence-corrected chi connectivity index (χ0v) is 10.3. The van der Waals surface area contributed by atoms with Gasteiger partial charge in [0.05, 0.1) is 11.9 Å². The van der Waals surface area contributed by atoms with Gasteiger partial charge in [0, 0.05) is 16.1 Å².